The molecule has 3 heterocycles. The van der Waals surface area contributed by atoms with Gasteiger partial charge >= 0.3 is 0 Å². The molecule has 0 atom stereocenters. The average Bonchev–Trinajstić information content (AvgIpc) is 3.18. The fraction of sp³-hybridized carbons (Fsp3) is 0.409. The molecule has 0 spiro atoms. The van der Waals surface area contributed by atoms with E-state index in [2.05, 4.69) is 29.1 Å². The molecule has 0 saturated carbocycles. The summed E-state index contributed by atoms with van der Waals surface area (Å²) < 4.78 is 7.01. The van der Waals surface area contributed by atoms with E-state index in [4.69, 9.17) is 9.72 Å². The van der Waals surface area contributed by atoms with E-state index in [1.54, 1.807) is 24.2 Å². The number of carbonyl (C=O) groups is 1. The minimum Gasteiger partial charge on any atom is -0.497 e. The summed E-state index contributed by atoms with van der Waals surface area (Å²) in [6.45, 7) is 3.86. The number of anilines is 1. The number of benzene rings is 1. The van der Waals surface area contributed by atoms with Crippen molar-refractivity contribution in [2.75, 3.05) is 32.1 Å². The van der Waals surface area contributed by atoms with Crippen molar-refractivity contribution >= 4 is 22.6 Å². The highest BCUT2D eigenvalue weighted by Crippen LogP contribution is 2.28. The van der Waals surface area contributed by atoms with Gasteiger partial charge in [0.25, 0.3) is 5.91 Å². The molecule has 0 aliphatic carbocycles. The molecule has 152 valence electrons. The Morgan fingerprint density at radius 2 is 2.00 bits per heavy atom. The van der Waals surface area contributed by atoms with Gasteiger partial charge in [0, 0.05) is 50.9 Å². The number of aryl methyl sites for hydroxylation is 2. The first-order valence-corrected chi connectivity index (χ1v) is 9.92. The van der Waals surface area contributed by atoms with E-state index < -0.39 is 0 Å². The maximum Gasteiger partial charge on any atom is 0.257 e. The third kappa shape index (κ3) is 3.77. The zero-order chi connectivity index (χ0) is 20.5. The summed E-state index contributed by atoms with van der Waals surface area (Å²) in [4.78, 5) is 21.7. The molecule has 1 amide bonds. The zero-order valence-electron chi connectivity index (χ0n) is 17.4. The highest BCUT2D eigenvalue weighted by atomic mass is 16.5. The molecule has 29 heavy (non-hydrogen) atoms. The van der Waals surface area contributed by atoms with E-state index in [1.165, 1.54) is 5.56 Å². The van der Waals surface area contributed by atoms with Gasteiger partial charge in [0.05, 0.1) is 24.4 Å². The lowest BCUT2D eigenvalue weighted by atomic mass is 10.0. The van der Waals surface area contributed by atoms with Crippen LogP contribution in [0.15, 0.2) is 36.7 Å². The molecule has 3 aromatic rings. The van der Waals surface area contributed by atoms with Gasteiger partial charge in [0.15, 0.2) is 0 Å². The number of amides is 1. The van der Waals surface area contributed by atoms with Gasteiger partial charge in [-0.15, -0.1) is 0 Å². The van der Waals surface area contributed by atoms with E-state index >= 15 is 0 Å². The third-order valence-electron chi connectivity index (χ3n) is 5.82. The predicted octanol–water partition coefficient (Wildman–Crippen LogP) is 3.03. The zero-order valence-corrected chi connectivity index (χ0v) is 17.4. The van der Waals surface area contributed by atoms with Crippen molar-refractivity contribution in [3.8, 4) is 5.75 Å². The van der Waals surface area contributed by atoms with Crippen LogP contribution in [0.25, 0.3) is 10.9 Å². The van der Waals surface area contributed by atoms with E-state index in [9.17, 15) is 4.79 Å². The predicted molar refractivity (Wildman–Crippen MR) is 114 cm³/mol. The number of piperidine rings is 1. The highest BCUT2D eigenvalue weighted by Gasteiger charge is 2.27. The Kier molecular flexibility index (Phi) is 5.13. The smallest absolute Gasteiger partial charge is 0.257 e. The monoisotopic (exact) mass is 393 g/mol. The van der Waals surface area contributed by atoms with Crippen LogP contribution in [0.2, 0.25) is 0 Å². The fourth-order valence-corrected chi connectivity index (χ4v) is 4.04. The summed E-state index contributed by atoms with van der Waals surface area (Å²) in [5.41, 5.74) is 2.79. The molecule has 1 aliphatic rings. The van der Waals surface area contributed by atoms with Crippen molar-refractivity contribution in [3.63, 3.8) is 0 Å². The molecule has 0 bridgehead atoms. The van der Waals surface area contributed by atoms with Crippen molar-refractivity contribution in [2.24, 2.45) is 7.05 Å². The Labute approximate surface area is 170 Å². The summed E-state index contributed by atoms with van der Waals surface area (Å²) >= 11 is 0. The molecule has 2 aromatic heterocycles. The van der Waals surface area contributed by atoms with Gasteiger partial charge in [0.2, 0.25) is 0 Å². The molecule has 1 aromatic carbocycles. The number of carbonyl (C=O) groups excluding carboxylic acids is 1. The first-order chi connectivity index (χ1) is 14.0. The molecule has 1 aliphatic heterocycles. The normalized spacial score (nSPS) is 15.0. The minimum atomic E-state index is 0.0309. The lowest BCUT2D eigenvalue weighted by Gasteiger charge is -2.37. The van der Waals surface area contributed by atoms with Crippen LogP contribution in [0.3, 0.4) is 0 Å². The number of methoxy groups -OCH3 is 1. The van der Waals surface area contributed by atoms with Crippen molar-refractivity contribution in [3.05, 3.63) is 47.8 Å². The Balaban J connectivity index is 1.47. The Morgan fingerprint density at radius 3 is 2.66 bits per heavy atom. The van der Waals surface area contributed by atoms with E-state index in [1.807, 2.05) is 31.1 Å². The van der Waals surface area contributed by atoms with Crippen LogP contribution in [-0.2, 0) is 7.05 Å². The lowest BCUT2D eigenvalue weighted by molar-refractivity contribution is 0.0709. The lowest BCUT2D eigenvalue weighted by Crippen LogP contribution is -2.45. The molecule has 1 fully saturated rings. The quantitative estimate of drug-likeness (QED) is 0.682. The summed E-state index contributed by atoms with van der Waals surface area (Å²) in [5.74, 6) is 1.84. The molecule has 7 heteroatoms. The number of hydrogen-bond donors (Lipinski definition) is 0. The number of hydrogen-bond acceptors (Lipinski definition) is 5. The molecular weight excluding hydrogens is 366 g/mol. The number of rotatable bonds is 4. The van der Waals surface area contributed by atoms with Crippen molar-refractivity contribution < 1.29 is 9.53 Å². The first kappa shape index (κ1) is 19.2. The van der Waals surface area contributed by atoms with Crippen molar-refractivity contribution in [2.45, 2.75) is 25.8 Å². The topological polar surface area (TPSA) is 63.5 Å². The highest BCUT2D eigenvalue weighted by molar-refractivity contribution is 5.93. The summed E-state index contributed by atoms with van der Waals surface area (Å²) in [5, 5.41) is 5.25. The van der Waals surface area contributed by atoms with Crippen LogP contribution in [0.5, 0.6) is 5.75 Å². The average molecular weight is 393 g/mol. The Hall–Kier alpha value is -3.09. The number of ether oxygens (including phenoxy) is 1. The second-order valence-corrected chi connectivity index (χ2v) is 7.72. The van der Waals surface area contributed by atoms with Gasteiger partial charge in [-0.1, -0.05) is 0 Å². The van der Waals surface area contributed by atoms with Gasteiger partial charge in [-0.25, -0.2) is 4.98 Å². The molecule has 4 rings (SSSR count). The van der Waals surface area contributed by atoms with Gasteiger partial charge in [-0.2, -0.15) is 5.10 Å². The standard InChI is InChI=1S/C22H27N5O2/c1-15-11-21(24-20-12-18(29-4)5-6-19(15)20)27-9-7-17(8-10-27)26(3)22(28)16-13-23-25(2)14-16/h5-6,11-14,17H,7-10H2,1-4H3. The maximum atomic E-state index is 12.7. The van der Waals surface area contributed by atoms with Crippen LogP contribution in [0.4, 0.5) is 5.82 Å². The molecule has 0 radical (unpaired) electrons. The SMILES string of the molecule is COc1ccc2c(C)cc(N3CCC(N(C)C(=O)c4cnn(C)c4)CC3)nc2c1. The molecule has 0 N–H and O–H groups in total. The molecule has 7 nitrogen and oxygen atoms in total. The Morgan fingerprint density at radius 1 is 1.24 bits per heavy atom. The Bertz CT molecular complexity index is 1040. The molecular formula is C22H27N5O2. The molecule has 1 saturated heterocycles. The second kappa shape index (κ2) is 7.73. The summed E-state index contributed by atoms with van der Waals surface area (Å²) in [6.07, 6.45) is 5.23. The van der Waals surface area contributed by atoms with Crippen molar-refractivity contribution in [1.29, 1.82) is 0 Å². The van der Waals surface area contributed by atoms with Crippen molar-refractivity contribution in [1.82, 2.24) is 19.7 Å². The van der Waals surface area contributed by atoms with E-state index in [0.717, 1.165) is 48.4 Å². The largest absolute Gasteiger partial charge is 0.497 e. The van der Waals surface area contributed by atoms with Crippen LogP contribution >= 0.6 is 0 Å². The van der Waals surface area contributed by atoms with Crippen LogP contribution in [-0.4, -0.2) is 58.9 Å². The molecule has 0 unspecified atom stereocenters. The third-order valence-corrected chi connectivity index (χ3v) is 5.82. The van der Waals surface area contributed by atoms with Gasteiger partial charge in [0.1, 0.15) is 11.6 Å². The number of pyridine rings is 1. The second-order valence-electron chi connectivity index (χ2n) is 7.72. The van der Waals surface area contributed by atoms with Gasteiger partial charge in [-0.3, -0.25) is 9.48 Å². The first-order valence-electron chi connectivity index (χ1n) is 9.92. The number of nitrogens with zero attached hydrogens (tertiary/aromatic N) is 5. The van der Waals surface area contributed by atoms with E-state index in [-0.39, 0.29) is 11.9 Å². The van der Waals surface area contributed by atoms with Crippen LogP contribution in [0.1, 0.15) is 28.8 Å². The van der Waals surface area contributed by atoms with E-state index in [0.29, 0.717) is 5.56 Å². The minimum absolute atomic E-state index is 0.0309. The van der Waals surface area contributed by atoms with Crippen LogP contribution < -0.4 is 9.64 Å². The fourth-order valence-electron chi connectivity index (χ4n) is 4.04. The maximum absolute atomic E-state index is 12.7. The van der Waals surface area contributed by atoms with Gasteiger partial charge < -0.3 is 14.5 Å². The summed E-state index contributed by atoms with van der Waals surface area (Å²) in [6, 6.07) is 8.39. The van der Waals surface area contributed by atoms with Gasteiger partial charge in [-0.05, 0) is 43.5 Å². The summed E-state index contributed by atoms with van der Waals surface area (Å²) in [7, 11) is 5.38. The number of fused-ring (bicyclic) bond motifs is 1. The van der Waals surface area contributed by atoms with Crippen LogP contribution in [0, 0.1) is 6.92 Å². The number of aromatic nitrogens is 3.